The Bertz CT molecular complexity index is 285. The number of carbonyl (C=O) groups excluding carboxylic acids is 2. The van der Waals surface area contributed by atoms with E-state index in [9.17, 15) is 9.59 Å². The minimum atomic E-state index is -0.139. The Morgan fingerprint density at radius 1 is 1.31 bits per heavy atom. The van der Waals surface area contributed by atoms with E-state index < -0.39 is 0 Å². The van der Waals surface area contributed by atoms with Gasteiger partial charge in [-0.05, 0) is 32.2 Å². The first-order valence-electron chi connectivity index (χ1n) is 6.30. The molecule has 1 amide bonds. The molecule has 2 aliphatic rings. The molecular formula is C12H20N2O2. The van der Waals surface area contributed by atoms with E-state index >= 15 is 0 Å². The summed E-state index contributed by atoms with van der Waals surface area (Å²) in [5, 5.41) is 3.21. The molecule has 90 valence electrons. The highest BCUT2D eigenvalue weighted by Gasteiger charge is 2.36. The van der Waals surface area contributed by atoms with Crippen molar-refractivity contribution in [3.63, 3.8) is 0 Å². The number of hydrogen-bond donors (Lipinski definition) is 1. The molecule has 2 fully saturated rings. The highest BCUT2D eigenvalue weighted by atomic mass is 16.2. The number of Topliss-reactive ketones (excluding diaryl/α,β-unsaturated/α-hetero) is 1. The Labute approximate surface area is 96.4 Å². The minimum Gasteiger partial charge on any atom is -0.331 e. The molecular weight excluding hydrogens is 204 g/mol. The largest absolute Gasteiger partial charge is 0.331 e. The zero-order valence-corrected chi connectivity index (χ0v) is 9.87. The van der Waals surface area contributed by atoms with E-state index in [4.69, 9.17) is 0 Å². The van der Waals surface area contributed by atoms with E-state index in [1.54, 1.807) is 4.90 Å². The molecule has 4 nitrogen and oxygen atoms in total. The maximum atomic E-state index is 12.2. The van der Waals surface area contributed by atoms with Crippen LogP contribution >= 0.6 is 0 Å². The summed E-state index contributed by atoms with van der Waals surface area (Å²) in [6.45, 7) is 3.56. The zero-order valence-electron chi connectivity index (χ0n) is 9.87. The Kier molecular flexibility index (Phi) is 3.59. The second-order valence-corrected chi connectivity index (χ2v) is 4.66. The van der Waals surface area contributed by atoms with E-state index in [0.29, 0.717) is 6.42 Å². The first-order valence-corrected chi connectivity index (χ1v) is 6.30. The summed E-state index contributed by atoms with van der Waals surface area (Å²) in [5.41, 5.74) is 0. The van der Waals surface area contributed by atoms with Crippen molar-refractivity contribution in [1.29, 1.82) is 0 Å². The van der Waals surface area contributed by atoms with Crippen molar-refractivity contribution < 1.29 is 9.59 Å². The van der Waals surface area contributed by atoms with E-state index in [0.717, 1.165) is 38.8 Å². The molecule has 0 radical (unpaired) electrons. The van der Waals surface area contributed by atoms with Gasteiger partial charge in [0.1, 0.15) is 0 Å². The summed E-state index contributed by atoms with van der Waals surface area (Å²) in [5.74, 6) is 0.352. The van der Waals surface area contributed by atoms with Crippen molar-refractivity contribution in [2.45, 2.75) is 51.1 Å². The van der Waals surface area contributed by atoms with Crippen LogP contribution in [-0.2, 0) is 9.59 Å². The van der Waals surface area contributed by atoms with Crippen molar-refractivity contribution in [2.75, 3.05) is 13.1 Å². The molecule has 0 aromatic heterocycles. The third-order valence-corrected chi connectivity index (χ3v) is 3.61. The minimum absolute atomic E-state index is 0.0368. The van der Waals surface area contributed by atoms with Crippen molar-refractivity contribution in [2.24, 2.45) is 0 Å². The van der Waals surface area contributed by atoms with E-state index in [1.165, 1.54) is 0 Å². The lowest BCUT2D eigenvalue weighted by Crippen LogP contribution is -2.48. The molecule has 2 atom stereocenters. The Morgan fingerprint density at radius 3 is 2.75 bits per heavy atom. The summed E-state index contributed by atoms with van der Waals surface area (Å²) in [7, 11) is 0. The second kappa shape index (κ2) is 4.95. The average molecular weight is 224 g/mol. The van der Waals surface area contributed by atoms with E-state index in [2.05, 4.69) is 5.32 Å². The summed E-state index contributed by atoms with van der Waals surface area (Å²) >= 11 is 0. The van der Waals surface area contributed by atoms with Crippen molar-refractivity contribution >= 4 is 11.7 Å². The molecule has 0 aromatic carbocycles. The molecule has 2 rings (SSSR count). The Balaban J connectivity index is 2.01. The molecule has 0 aromatic rings. The summed E-state index contributed by atoms with van der Waals surface area (Å²) in [6, 6.07) is -0.176. The van der Waals surface area contributed by atoms with Gasteiger partial charge in [0.15, 0.2) is 5.78 Å². The normalized spacial score (nSPS) is 29.7. The molecule has 2 saturated heterocycles. The van der Waals surface area contributed by atoms with Gasteiger partial charge in [-0.3, -0.25) is 9.59 Å². The fourth-order valence-electron chi connectivity index (χ4n) is 2.70. The van der Waals surface area contributed by atoms with Gasteiger partial charge < -0.3 is 10.2 Å². The molecule has 0 spiro atoms. The van der Waals surface area contributed by atoms with Crippen LogP contribution < -0.4 is 5.32 Å². The van der Waals surface area contributed by atoms with Crippen molar-refractivity contribution in [3.05, 3.63) is 0 Å². The summed E-state index contributed by atoms with van der Waals surface area (Å²) in [6.07, 6.45) is 4.34. The molecule has 2 aliphatic heterocycles. The van der Waals surface area contributed by atoms with Crippen LogP contribution in [0.15, 0.2) is 0 Å². The van der Waals surface area contributed by atoms with Gasteiger partial charge in [-0.15, -0.1) is 0 Å². The Morgan fingerprint density at radius 2 is 2.12 bits per heavy atom. The molecule has 0 bridgehead atoms. The maximum absolute atomic E-state index is 12.2. The van der Waals surface area contributed by atoms with Crippen molar-refractivity contribution in [3.8, 4) is 0 Å². The summed E-state index contributed by atoms with van der Waals surface area (Å²) < 4.78 is 0. The standard InChI is InChI=1S/C12H20N2O2/c1-2-11(15)10-6-4-8-14(10)12(16)9-5-3-7-13-9/h9-10,13H,2-8H2,1H3/t9-,10?/m0/s1. The van der Waals surface area contributed by atoms with Gasteiger partial charge in [-0.2, -0.15) is 0 Å². The highest BCUT2D eigenvalue weighted by Crippen LogP contribution is 2.21. The molecule has 2 heterocycles. The SMILES string of the molecule is CCC(=O)C1CCCN1C(=O)[C@@H]1CCCN1. The van der Waals surface area contributed by atoms with Gasteiger partial charge in [-0.1, -0.05) is 6.92 Å². The van der Waals surface area contributed by atoms with Crippen LogP contribution in [0.3, 0.4) is 0 Å². The van der Waals surface area contributed by atoms with Crippen LogP contribution in [0.2, 0.25) is 0 Å². The maximum Gasteiger partial charge on any atom is 0.240 e. The van der Waals surface area contributed by atoms with Crippen LogP contribution in [-0.4, -0.2) is 41.8 Å². The van der Waals surface area contributed by atoms with Crippen LogP contribution in [0, 0.1) is 0 Å². The smallest absolute Gasteiger partial charge is 0.240 e. The monoisotopic (exact) mass is 224 g/mol. The number of rotatable bonds is 3. The first-order chi connectivity index (χ1) is 7.74. The number of amides is 1. The fourth-order valence-corrected chi connectivity index (χ4v) is 2.70. The van der Waals surface area contributed by atoms with Gasteiger partial charge in [0, 0.05) is 13.0 Å². The topological polar surface area (TPSA) is 49.4 Å². The number of carbonyl (C=O) groups is 2. The molecule has 0 saturated carbocycles. The lowest BCUT2D eigenvalue weighted by Gasteiger charge is -2.26. The molecule has 4 heteroatoms. The molecule has 1 unspecified atom stereocenters. The zero-order chi connectivity index (χ0) is 11.5. The summed E-state index contributed by atoms with van der Waals surface area (Å²) in [4.78, 5) is 25.7. The number of nitrogens with zero attached hydrogens (tertiary/aromatic N) is 1. The predicted octanol–water partition coefficient (Wildman–Crippen LogP) is 0.708. The third kappa shape index (κ3) is 2.12. The highest BCUT2D eigenvalue weighted by molar-refractivity contribution is 5.91. The predicted molar refractivity (Wildman–Crippen MR) is 61.1 cm³/mol. The number of hydrogen-bond acceptors (Lipinski definition) is 3. The second-order valence-electron chi connectivity index (χ2n) is 4.66. The van der Waals surface area contributed by atoms with Gasteiger partial charge in [0.25, 0.3) is 0 Å². The van der Waals surface area contributed by atoms with Gasteiger partial charge in [0.05, 0.1) is 12.1 Å². The molecule has 0 aliphatic carbocycles. The van der Waals surface area contributed by atoms with Crippen LogP contribution in [0.1, 0.15) is 39.0 Å². The Hall–Kier alpha value is -0.900. The van der Waals surface area contributed by atoms with Crippen molar-refractivity contribution in [1.82, 2.24) is 10.2 Å². The third-order valence-electron chi connectivity index (χ3n) is 3.61. The van der Waals surface area contributed by atoms with Gasteiger partial charge >= 0.3 is 0 Å². The quantitative estimate of drug-likeness (QED) is 0.768. The average Bonchev–Trinajstić information content (AvgIpc) is 2.97. The van der Waals surface area contributed by atoms with E-state index in [1.807, 2.05) is 6.92 Å². The van der Waals surface area contributed by atoms with Crippen LogP contribution in [0.25, 0.3) is 0 Å². The number of ketones is 1. The van der Waals surface area contributed by atoms with Crippen LogP contribution in [0.5, 0.6) is 0 Å². The lowest BCUT2D eigenvalue weighted by atomic mass is 10.1. The first kappa shape index (κ1) is 11.6. The van der Waals surface area contributed by atoms with Gasteiger partial charge in [0.2, 0.25) is 5.91 Å². The van der Waals surface area contributed by atoms with Crippen LogP contribution in [0.4, 0.5) is 0 Å². The number of nitrogens with one attached hydrogen (secondary N) is 1. The lowest BCUT2D eigenvalue weighted by molar-refractivity contribution is -0.138. The molecule has 1 N–H and O–H groups in total. The molecule has 16 heavy (non-hydrogen) atoms. The van der Waals surface area contributed by atoms with Gasteiger partial charge in [-0.25, -0.2) is 0 Å². The van der Waals surface area contributed by atoms with E-state index in [-0.39, 0.29) is 23.8 Å². The fraction of sp³-hybridized carbons (Fsp3) is 0.833. The number of likely N-dealkylation sites (tertiary alicyclic amines) is 1.